The Labute approximate surface area is 207 Å². The molecule has 5 N–H and O–H groups in total. The zero-order valence-corrected chi connectivity index (χ0v) is 19.9. The number of aliphatic hydroxyl groups is 1. The molecule has 3 heterocycles. The van der Waals surface area contributed by atoms with E-state index in [-0.39, 0.29) is 31.0 Å². The average molecular weight is 522 g/mol. The van der Waals surface area contributed by atoms with Crippen molar-refractivity contribution in [2.24, 2.45) is 11.1 Å². The van der Waals surface area contributed by atoms with Crippen LogP contribution in [0.2, 0.25) is 0 Å². The van der Waals surface area contributed by atoms with Crippen molar-refractivity contribution in [3.63, 3.8) is 0 Å². The number of hydrogen-bond donors (Lipinski definition) is 4. The highest BCUT2D eigenvalue weighted by molar-refractivity contribution is 8.00. The van der Waals surface area contributed by atoms with E-state index in [2.05, 4.69) is 20.8 Å². The molecule has 35 heavy (non-hydrogen) atoms. The van der Waals surface area contributed by atoms with Gasteiger partial charge in [0.25, 0.3) is 5.91 Å². The molecule has 13 nitrogen and oxygen atoms in total. The number of nitrogens with two attached hydrogens (primary N) is 1. The molecule has 1 aromatic heterocycles. The Bertz CT molecular complexity index is 1130. The van der Waals surface area contributed by atoms with Gasteiger partial charge in [-0.2, -0.15) is 0 Å². The Balaban J connectivity index is 1.38. The normalized spacial score (nSPS) is 24.3. The number of carbonyl (C=O) groups excluding carboxylic acids is 3. The summed E-state index contributed by atoms with van der Waals surface area (Å²) in [5.74, 6) is -2.39. The average Bonchev–Trinajstić information content (AvgIpc) is 3.31. The molecule has 2 aliphatic heterocycles. The Morgan fingerprint density at radius 1 is 1.31 bits per heavy atom. The van der Waals surface area contributed by atoms with E-state index in [0.717, 1.165) is 11.8 Å². The number of aromatic nitrogens is 4. The quantitative estimate of drug-likeness (QED) is 0.218. The summed E-state index contributed by atoms with van der Waals surface area (Å²) >= 11 is 2.38. The van der Waals surface area contributed by atoms with Crippen LogP contribution in [0.1, 0.15) is 18.1 Å². The van der Waals surface area contributed by atoms with Crippen LogP contribution in [0.15, 0.2) is 35.5 Å². The van der Waals surface area contributed by atoms with Crippen molar-refractivity contribution >= 4 is 47.2 Å². The number of aryl methyl sites for hydroxylation is 1. The number of aliphatic hydroxyl groups excluding tert-OH is 1. The van der Waals surface area contributed by atoms with Gasteiger partial charge in [0.15, 0.2) is 6.10 Å². The minimum absolute atomic E-state index is 0.0363. The molecule has 186 valence electrons. The molecular formula is C20H23N7O6S2. The molecule has 4 rings (SSSR count). The molecule has 2 aromatic rings. The van der Waals surface area contributed by atoms with Gasteiger partial charge in [-0.25, -0.2) is 4.68 Å². The van der Waals surface area contributed by atoms with Gasteiger partial charge >= 0.3 is 5.97 Å². The molecule has 0 spiro atoms. The van der Waals surface area contributed by atoms with Gasteiger partial charge in [0.1, 0.15) is 16.8 Å². The van der Waals surface area contributed by atoms with Crippen LogP contribution in [0, 0.1) is 5.41 Å². The summed E-state index contributed by atoms with van der Waals surface area (Å²) in [7, 11) is 0. The van der Waals surface area contributed by atoms with Crippen LogP contribution in [0.25, 0.3) is 0 Å². The molecule has 4 atom stereocenters. The minimum atomic E-state index is -1.42. The van der Waals surface area contributed by atoms with Gasteiger partial charge in [0, 0.05) is 24.5 Å². The number of amides is 3. The number of β-lactam (4-membered cyclic amide) rings is 1. The number of aliphatic carboxylic acids is 1. The molecule has 0 bridgehead atoms. The lowest BCUT2D eigenvalue weighted by Gasteiger charge is -2.53. The van der Waals surface area contributed by atoms with Gasteiger partial charge < -0.3 is 26.2 Å². The number of carbonyl (C=O) groups is 4. The third-order valence-corrected chi connectivity index (χ3v) is 8.64. The standard InChI is InChI=1S/C20H23N7O6S2/c21-12(28)6-7-27-19(23-24-25-27)35-10-20(18(32)33)8-26-16(31)13(17(26)34-9-20)22-15(30)14(29)11-4-2-1-3-5-11/h1-5,13-14,17,29H,6-10H2,(H2,21,28)(H,22,30)(H,32,33)/t13?,14?,17-,20?/m1/s1. The molecule has 15 heteroatoms. The predicted octanol–water partition coefficient (Wildman–Crippen LogP) is -1.15. The SMILES string of the molecule is NC(=O)CCn1nnnc1SCC1(C(=O)O)CS[C@@H]2C(NC(=O)C(O)c3ccccc3)C(=O)N2C1. The van der Waals surface area contributed by atoms with Crippen LogP contribution in [0.4, 0.5) is 0 Å². The molecule has 1 aromatic carbocycles. The van der Waals surface area contributed by atoms with Gasteiger partial charge in [0.05, 0.1) is 6.54 Å². The van der Waals surface area contributed by atoms with Gasteiger partial charge in [-0.05, 0) is 16.0 Å². The molecule has 2 aliphatic rings. The second-order valence-electron chi connectivity index (χ2n) is 8.24. The van der Waals surface area contributed by atoms with Crippen molar-refractivity contribution < 1.29 is 29.4 Å². The molecule has 0 radical (unpaired) electrons. The van der Waals surface area contributed by atoms with Crippen LogP contribution in [-0.2, 0) is 25.7 Å². The van der Waals surface area contributed by atoms with Crippen molar-refractivity contribution in [3.8, 4) is 0 Å². The summed E-state index contributed by atoms with van der Waals surface area (Å²) < 4.78 is 1.38. The van der Waals surface area contributed by atoms with E-state index in [1.807, 2.05) is 0 Å². The molecule has 3 unspecified atom stereocenters. The van der Waals surface area contributed by atoms with Crippen molar-refractivity contribution in [2.45, 2.75) is 35.6 Å². The number of nitrogens with zero attached hydrogens (tertiary/aromatic N) is 5. The van der Waals surface area contributed by atoms with Crippen molar-refractivity contribution in [3.05, 3.63) is 35.9 Å². The maximum atomic E-state index is 12.8. The monoisotopic (exact) mass is 521 g/mol. The Hall–Kier alpha value is -3.17. The third-order valence-electron chi connectivity index (χ3n) is 5.81. The van der Waals surface area contributed by atoms with E-state index in [1.54, 1.807) is 30.3 Å². The number of tetrazole rings is 1. The topological polar surface area (TPSA) is 194 Å². The summed E-state index contributed by atoms with van der Waals surface area (Å²) in [6, 6.07) is 7.52. The fourth-order valence-electron chi connectivity index (χ4n) is 3.78. The van der Waals surface area contributed by atoms with Gasteiger partial charge in [-0.3, -0.25) is 19.2 Å². The number of carboxylic acid groups (broad SMARTS) is 1. The van der Waals surface area contributed by atoms with Gasteiger partial charge in [0.2, 0.25) is 17.0 Å². The summed E-state index contributed by atoms with van der Waals surface area (Å²) in [4.78, 5) is 49.9. The highest BCUT2D eigenvalue weighted by atomic mass is 32.2. The van der Waals surface area contributed by atoms with Crippen LogP contribution < -0.4 is 11.1 Å². The first kappa shape index (κ1) is 24.9. The first-order valence-electron chi connectivity index (χ1n) is 10.6. The Kier molecular flexibility index (Phi) is 7.28. The van der Waals surface area contributed by atoms with E-state index in [1.165, 1.54) is 21.3 Å². The number of primary amides is 1. The van der Waals surface area contributed by atoms with Crippen LogP contribution in [0.3, 0.4) is 0 Å². The van der Waals surface area contributed by atoms with Crippen LogP contribution in [0.5, 0.6) is 0 Å². The summed E-state index contributed by atoms with van der Waals surface area (Å²) in [5.41, 5.74) is 4.30. The van der Waals surface area contributed by atoms with Crippen LogP contribution >= 0.6 is 23.5 Å². The fourth-order valence-corrected chi connectivity index (χ4v) is 6.55. The zero-order valence-electron chi connectivity index (χ0n) is 18.3. The van der Waals surface area contributed by atoms with Crippen LogP contribution in [-0.4, -0.2) is 88.5 Å². The lowest BCUT2D eigenvalue weighted by atomic mass is 9.89. The number of rotatable bonds is 10. The Morgan fingerprint density at radius 3 is 2.74 bits per heavy atom. The number of carboxylic acids is 1. The second kappa shape index (κ2) is 10.2. The first-order valence-corrected chi connectivity index (χ1v) is 12.6. The highest BCUT2D eigenvalue weighted by Gasteiger charge is 2.57. The number of fused-ring (bicyclic) bond motifs is 1. The summed E-state index contributed by atoms with van der Waals surface area (Å²) in [6.07, 6.45) is -1.38. The summed E-state index contributed by atoms with van der Waals surface area (Å²) in [6.45, 7) is 0.130. The van der Waals surface area contributed by atoms with Gasteiger partial charge in [-0.15, -0.1) is 16.9 Å². The first-order chi connectivity index (χ1) is 16.7. The second-order valence-corrected chi connectivity index (χ2v) is 10.3. The maximum Gasteiger partial charge on any atom is 0.313 e. The van der Waals surface area contributed by atoms with E-state index >= 15 is 0 Å². The molecule has 0 saturated carbocycles. The lowest BCUT2D eigenvalue weighted by Crippen LogP contribution is -2.74. The van der Waals surface area contributed by atoms with E-state index in [0.29, 0.717) is 10.7 Å². The maximum absolute atomic E-state index is 12.8. The molecule has 2 fully saturated rings. The minimum Gasteiger partial charge on any atom is -0.481 e. The van der Waals surface area contributed by atoms with E-state index < -0.39 is 46.6 Å². The highest BCUT2D eigenvalue weighted by Crippen LogP contribution is 2.44. The lowest BCUT2D eigenvalue weighted by molar-refractivity contribution is -0.158. The number of hydrogen-bond acceptors (Lipinski definition) is 10. The number of benzene rings is 1. The smallest absolute Gasteiger partial charge is 0.313 e. The number of nitrogens with one attached hydrogen (secondary N) is 1. The van der Waals surface area contributed by atoms with Crippen molar-refractivity contribution in [1.82, 2.24) is 30.4 Å². The molecular weight excluding hydrogens is 498 g/mol. The fraction of sp³-hybridized carbons (Fsp3) is 0.450. The summed E-state index contributed by atoms with van der Waals surface area (Å²) in [5, 5.41) is 34.0. The largest absolute Gasteiger partial charge is 0.481 e. The predicted molar refractivity (Wildman–Crippen MR) is 124 cm³/mol. The van der Waals surface area contributed by atoms with E-state index in [9.17, 15) is 29.4 Å². The molecule has 2 saturated heterocycles. The third kappa shape index (κ3) is 5.11. The molecule has 3 amide bonds. The zero-order chi connectivity index (χ0) is 25.2. The molecule has 0 aliphatic carbocycles. The van der Waals surface area contributed by atoms with Crippen molar-refractivity contribution in [2.75, 3.05) is 18.1 Å². The Morgan fingerprint density at radius 2 is 2.06 bits per heavy atom. The van der Waals surface area contributed by atoms with Gasteiger partial charge in [-0.1, -0.05) is 42.1 Å². The van der Waals surface area contributed by atoms with E-state index in [4.69, 9.17) is 5.73 Å². The van der Waals surface area contributed by atoms with Crippen molar-refractivity contribution in [1.29, 1.82) is 0 Å². The number of thioether (sulfide) groups is 2.